The van der Waals surface area contributed by atoms with Crippen molar-refractivity contribution in [3.63, 3.8) is 0 Å². The van der Waals surface area contributed by atoms with Gasteiger partial charge in [0.15, 0.2) is 0 Å². The normalized spacial score (nSPS) is 12.8. The van der Waals surface area contributed by atoms with E-state index in [9.17, 15) is 19.2 Å². The van der Waals surface area contributed by atoms with Crippen molar-refractivity contribution in [2.24, 2.45) is 0 Å². The van der Waals surface area contributed by atoms with Crippen molar-refractivity contribution in [2.75, 3.05) is 5.32 Å². The first-order valence-corrected chi connectivity index (χ1v) is 10.3. The van der Waals surface area contributed by atoms with Crippen molar-refractivity contribution in [3.8, 4) is 0 Å². The van der Waals surface area contributed by atoms with Crippen LogP contribution in [0.3, 0.4) is 0 Å². The predicted octanol–water partition coefficient (Wildman–Crippen LogP) is 2.24. The van der Waals surface area contributed by atoms with E-state index >= 15 is 0 Å². The molecule has 4 rings (SSSR count). The third-order valence-electron chi connectivity index (χ3n) is 5.62. The predicted molar refractivity (Wildman–Crippen MR) is 119 cm³/mol. The minimum Gasteiger partial charge on any atom is -0.481 e. The fraction of sp³-hybridized carbons (Fsp3) is 0.208. The lowest BCUT2D eigenvalue weighted by Gasteiger charge is -2.16. The van der Waals surface area contributed by atoms with Gasteiger partial charge in [-0.3, -0.25) is 29.2 Å². The fourth-order valence-electron chi connectivity index (χ4n) is 3.88. The number of hydrogen-bond donors (Lipinski definition) is 3. The molecule has 0 saturated heterocycles. The Kier molecular flexibility index (Phi) is 5.78. The molecule has 2 heterocycles. The monoisotopic (exact) mass is 446 g/mol. The average Bonchev–Trinajstić information content (AvgIpc) is 3.01. The number of rotatable bonds is 6. The molecule has 0 spiro atoms. The molecule has 0 aliphatic carbocycles. The van der Waals surface area contributed by atoms with E-state index in [4.69, 9.17) is 5.11 Å². The fourth-order valence-corrected chi connectivity index (χ4v) is 3.88. The quantitative estimate of drug-likeness (QED) is 0.498. The van der Waals surface area contributed by atoms with Crippen LogP contribution in [0.5, 0.6) is 0 Å². The van der Waals surface area contributed by atoms with Gasteiger partial charge in [0.1, 0.15) is 0 Å². The zero-order valence-corrected chi connectivity index (χ0v) is 18.1. The van der Waals surface area contributed by atoms with Gasteiger partial charge in [-0.2, -0.15) is 5.10 Å². The van der Waals surface area contributed by atoms with Crippen LogP contribution in [0.1, 0.15) is 48.8 Å². The SMILES string of the molecule is Cc1nn(Cc2ccc(NC(=O)c3ccc4c(c3)CC(=O)NC4=O)cc2)c(C)c1CC(=O)O. The summed E-state index contributed by atoms with van der Waals surface area (Å²) in [7, 11) is 0. The molecule has 1 aliphatic heterocycles. The number of anilines is 1. The molecule has 3 aromatic rings. The van der Waals surface area contributed by atoms with E-state index in [1.807, 2.05) is 19.1 Å². The first-order valence-electron chi connectivity index (χ1n) is 10.3. The number of nitrogens with one attached hydrogen (secondary N) is 2. The number of carboxylic acids is 1. The molecular formula is C24H22N4O5. The number of amides is 3. The van der Waals surface area contributed by atoms with Gasteiger partial charge in [-0.1, -0.05) is 12.1 Å². The van der Waals surface area contributed by atoms with E-state index < -0.39 is 17.8 Å². The van der Waals surface area contributed by atoms with Gasteiger partial charge >= 0.3 is 5.97 Å². The molecule has 0 atom stereocenters. The maximum atomic E-state index is 12.7. The standard InChI is InChI=1S/C24H22N4O5/c1-13-20(11-22(30)31)14(2)28(27-13)12-15-3-6-18(7-4-15)25-23(32)16-5-8-19-17(9-16)10-21(29)26-24(19)33/h3-9H,10-12H2,1-2H3,(H,25,32)(H,30,31)(H,26,29,33). The Hall–Kier alpha value is -4.27. The van der Waals surface area contributed by atoms with Gasteiger partial charge in [0.2, 0.25) is 5.91 Å². The number of nitrogens with zero attached hydrogens (tertiary/aromatic N) is 2. The minimum absolute atomic E-state index is 0.0530. The number of hydrogen-bond acceptors (Lipinski definition) is 5. The van der Waals surface area contributed by atoms with Gasteiger partial charge in [-0.15, -0.1) is 0 Å². The van der Waals surface area contributed by atoms with Gasteiger partial charge in [0.25, 0.3) is 11.8 Å². The smallest absolute Gasteiger partial charge is 0.307 e. The van der Waals surface area contributed by atoms with Crippen molar-refractivity contribution in [1.82, 2.24) is 15.1 Å². The highest BCUT2D eigenvalue weighted by atomic mass is 16.4. The van der Waals surface area contributed by atoms with Crippen molar-refractivity contribution < 1.29 is 24.3 Å². The molecule has 2 aromatic carbocycles. The summed E-state index contributed by atoms with van der Waals surface area (Å²) >= 11 is 0. The van der Waals surface area contributed by atoms with Crippen molar-refractivity contribution in [3.05, 3.63) is 81.7 Å². The summed E-state index contributed by atoms with van der Waals surface area (Å²) in [6.45, 7) is 4.12. The van der Waals surface area contributed by atoms with Crippen LogP contribution in [-0.2, 0) is 29.0 Å². The van der Waals surface area contributed by atoms with Gasteiger partial charge < -0.3 is 10.4 Å². The molecule has 9 nitrogen and oxygen atoms in total. The molecule has 1 aliphatic rings. The van der Waals surface area contributed by atoms with E-state index in [1.165, 1.54) is 0 Å². The summed E-state index contributed by atoms with van der Waals surface area (Å²) < 4.78 is 1.77. The Bertz CT molecular complexity index is 1290. The Morgan fingerprint density at radius 1 is 1.12 bits per heavy atom. The molecule has 3 N–H and O–H groups in total. The molecule has 168 valence electrons. The second-order valence-corrected chi connectivity index (χ2v) is 7.95. The Morgan fingerprint density at radius 3 is 2.55 bits per heavy atom. The van der Waals surface area contributed by atoms with E-state index in [-0.39, 0.29) is 18.7 Å². The summed E-state index contributed by atoms with van der Waals surface area (Å²) in [5.41, 5.74) is 5.04. The number of benzene rings is 2. The molecule has 9 heteroatoms. The van der Waals surface area contributed by atoms with Crippen LogP contribution < -0.4 is 10.6 Å². The molecule has 3 amide bonds. The topological polar surface area (TPSA) is 130 Å². The van der Waals surface area contributed by atoms with E-state index in [1.54, 1.807) is 41.9 Å². The summed E-state index contributed by atoms with van der Waals surface area (Å²) in [5.74, 6) is -2.09. The highest BCUT2D eigenvalue weighted by Gasteiger charge is 2.23. The lowest BCUT2D eigenvalue weighted by Crippen LogP contribution is -2.37. The van der Waals surface area contributed by atoms with Gasteiger partial charge in [-0.25, -0.2) is 0 Å². The van der Waals surface area contributed by atoms with Crippen molar-refractivity contribution in [2.45, 2.75) is 33.2 Å². The largest absolute Gasteiger partial charge is 0.481 e. The van der Waals surface area contributed by atoms with Gasteiger partial charge in [0, 0.05) is 28.1 Å². The number of imide groups is 1. The maximum Gasteiger partial charge on any atom is 0.307 e. The molecule has 0 saturated carbocycles. The number of aryl methyl sites for hydroxylation is 1. The van der Waals surface area contributed by atoms with Crippen LogP contribution in [0.2, 0.25) is 0 Å². The highest BCUT2D eigenvalue weighted by molar-refractivity contribution is 6.11. The van der Waals surface area contributed by atoms with Crippen LogP contribution >= 0.6 is 0 Å². The van der Waals surface area contributed by atoms with Crippen LogP contribution in [0, 0.1) is 13.8 Å². The van der Waals surface area contributed by atoms with Crippen LogP contribution in [0.4, 0.5) is 5.69 Å². The molecule has 0 bridgehead atoms. The lowest BCUT2D eigenvalue weighted by atomic mass is 9.97. The Labute approximate surface area is 189 Å². The minimum atomic E-state index is -0.894. The Balaban J connectivity index is 1.45. The summed E-state index contributed by atoms with van der Waals surface area (Å²) in [4.78, 5) is 47.2. The number of carbonyl (C=O) groups is 4. The van der Waals surface area contributed by atoms with Crippen molar-refractivity contribution in [1.29, 1.82) is 0 Å². The van der Waals surface area contributed by atoms with Gasteiger partial charge in [-0.05, 0) is 55.3 Å². The van der Waals surface area contributed by atoms with Gasteiger partial charge in [0.05, 0.1) is 25.1 Å². The third-order valence-corrected chi connectivity index (χ3v) is 5.62. The molecule has 0 fully saturated rings. The zero-order chi connectivity index (χ0) is 23.7. The third kappa shape index (κ3) is 4.67. The van der Waals surface area contributed by atoms with E-state index in [0.717, 1.165) is 16.8 Å². The molecule has 0 radical (unpaired) electrons. The summed E-state index contributed by atoms with van der Waals surface area (Å²) in [5, 5.41) is 18.6. The number of carbonyl (C=O) groups excluding carboxylic acids is 3. The molecule has 33 heavy (non-hydrogen) atoms. The number of aliphatic carboxylic acids is 1. The van der Waals surface area contributed by atoms with Crippen molar-refractivity contribution >= 4 is 29.4 Å². The van der Waals surface area contributed by atoms with Crippen LogP contribution in [0.25, 0.3) is 0 Å². The number of aromatic nitrogens is 2. The summed E-state index contributed by atoms with van der Waals surface area (Å²) in [6.07, 6.45) is -0.0124. The second kappa shape index (κ2) is 8.70. The second-order valence-electron chi connectivity index (χ2n) is 7.95. The van der Waals surface area contributed by atoms with Crippen LogP contribution in [-0.4, -0.2) is 38.6 Å². The molecule has 1 aromatic heterocycles. The van der Waals surface area contributed by atoms with E-state index in [2.05, 4.69) is 15.7 Å². The first kappa shape index (κ1) is 21.9. The zero-order valence-electron chi connectivity index (χ0n) is 18.1. The molecule has 0 unspecified atom stereocenters. The number of fused-ring (bicyclic) bond motifs is 1. The van der Waals surface area contributed by atoms with E-state index in [0.29, 0.717) is 34.6 Å². The lowest BCUT2D eigenvalue weighted by molar-refractivity contribution is -0.136. The Morgan fingerprint density at radius 2 is 1.85 bits per heavy atom. The number of carboxylic acid groups (broad SMARTS) is 1. The maximum absolute atomic E-state index is 12.7. The summed E-state index contributed by atoms with van der Waals surface area (Å²) in [6, 6.07) is 11.9. The van der Waals surface area contributed by atoms with Crippen LogP contribution in [0.15, 0.2) is 42.5 Å². The first-order chi connectivity index (χ1) is 15.7. The highest BCUT2D eigenvalue weighted by Crippen LogP contribution is 2.19. The molecular weight excluding hydrogens is 424 g/mol. The average molecular weight is 446 g/mol.